The first kappa shape index (κ1) is 19.7. The minimum atomic E-state index is -3.87. The van der Waals surface area contributed by atoms with Crippen molar-refractivity contribution < 1.29 is 17.9 Å². The number of methoxy groups -OCH3 is 1. The van der Waals surface area contributed by atoms with Crippen molar-refractivity contribution in [2.75, 3.05) is 11.8 Å². The maximum absolute atomic E-state index is 12.9. The van der Waals surface area contributed by atoms with Gasteiger partial charge in [-0.2, -0.15) is 0 Å². The minimum absolute atomic E-state index is 0.0605. The molecule has 0 unspecified atom stereocenters. The number of nitrogens with one attached hydrogen (secondary N) is 2. The Morgan fingerprint density at radius 3 is 2.36 bits per heavy atom. The SMILES string of the molecule is COc1ccc2cc(S(=O)(=O)Nc3ccccc3C(=O)NC(C)C)ccc2c1. The molecule has 0 aliphatic heterocycles. The predicted molar refractivity (Wildman–Crippen MR) is 110 cm³/mol. The molecule has 0 bridgehead atoms. The molecule has 3 aromatic rings. The zero-order valence-corrected chi connectivity index (χ0v) is 16.7. The second-order valence-corrected chi connectivity index (χ2v) is 8.34. The molecule has 0 saturated heterocycles. The van der Waals surface area contributed by atoms with E-state index in [0.29, 0.717) is 5.75 Å². The standard InChI is InChI=1S/C21H22N2O4S/c1-14(2)22-21(24)19-6-4-5-7-20(19)23-28(25,26)18-11-9-15-12-17(27-3)10-8-16(15)13-18/h4-14,23H,1-3H3,(H,22,24). The lowest BCUT2D eigenvalue weighted by atomic mass is 10.1. The average molecular weight is 398 g/mol. The number of ether oxygens (including phenoxy) is 1. The van der Waals surface area contributed by atoms with Gasteiger partial charge in [0, 0.05) is 6.04 Å². The van der Waals surface area contributed by atoms with Crippen molar-refractivity contribution in [1.82, 2.24) is 5.32 Å². The minimum Gasteiger partial charge on any atom is -0.497 e. The lowest BCUT2D eigenvalue weighted by molar-refractivity contribution is 0.0944. The topological polar surface area (TPSA) is 84.5 Å². The van der Waals surface area contributed by atoms with Crippen molar-refractivity contribution in [3.63, 3.8) is 0 Å². The van der Waals surface area contributed by atoms with Crippen molar-refractivity contribution in [2.24, 2.45) is 0 Å². The van der Waals surface area contributed by atoms with Gasteiger partial charge in [0.2, 0.25) is 0 Å². The number of hydrogen-bond acceptors (Lipinski definition) is 4. The summed E-state index contributed by atoms with van der Waals surface area (Å²) in [5.74, 6) is 0.366. The maximum Gasteiger partial charge on any atom is 0.261 e. The van der Waals surface area contributed by atoms with E-state index in [9.17, 15) is 13.2 Å². The second-order valence-electron chi connectivity index (χ2n) is 6.65. The molecular weight excluding hydrogens is 376 g/mol. The number of hydrogen-bond donors (Lipinski definition) is 2. The summed E-state index contributed by atoms with van der Waals surface area (Å²) in [6.07, 6.45) is 0. The largest absolute Gasteiger partial charge is 0.497 e. The van der Waals surface area contributed by atoms with Crippen molar-refractivity contribution in [1.29, 1.82) is 0 Å². The number of rotatable bonds is 6. The Balaban J connectivity index is 1.94. The van der Waals surface area contributed by atoms with Gasteiger partial charge in [0.05, 0.1) is 23.3 Å². The summed E-state index contributed by atoms with van der Waals surface area (Å²) in [7, 11) is -2.29. The number of anilines is 1. The molecule has 6 nitrogen and oxygen atoms in total. The Kier molecular flexibility index (Phi) is 5.56. The molecule has 1 amide bonds. The number of sulfonamides is 1. The molecule has 28 heavy (non-hydrogen) atoms. The monoisotopic (exact) mass is 398 g/mol. The highest BCUT2D eigenvalue weighted by molar-refractivity contribution is 7.92. The molecule has 0 saturated carbocycles. The average Bonchev–Trinajstić information content (AvgIpc) is 2.66. The van der Waals surface area contributed by atoms with E-state index in [1.807, 2.05) is 19.9 Å². The molecule has 0 atom stereocenters. The van der Waals surface area contributed by atoms with Crippen LogP contribution in [0.2, 0.25) is 0 Å². The van der Waals surface area contributed by atoms with Gasteiger partial charge in [0.1, 0.15) is 5.75 Å². The second kappa shape index (κ2) is 7.90. The van der Waals surface area contributed by atoms with E-state index in [2.05, 4.69) is 10.0 Å². The highest BCUT2D eigenvalue weighted by Gasteiger charge is 2.19. The Morgan fingerprint density at radius 2 is 1.64 bits per heavy atom. The zero-order chi connectivity index (χ0) is 20.3. The van der Waals surface area contributed by atoms with E-state index < -0.39 is 10.0 Å². The summed E-state index contributed by atoms with van der Waals surface area (Å²) in [6.45, 7) is 3.68. The molecule has 0 aliphatic carbocycles. The van der Waals surface area contributed by atoms with E-state index in [4.69, 9.17) is 4.74 Å². The van der Waals surface area contributed by atoms with Crippen LogP contribution in [0.25, 0.3) is 10.8 Å². The molecule has 0 fully saturated rings. The summed E-state index contributed by atoms with van der Waals surface area (Å²) in [5, 5.41) is 4.42. The van der Waals surface area contributed by atoms with Gasteiger partial charge in [0.15, 0.2) is 0 Å². The Morgan fingerprint density at radius 1 is 0.964 bits per heavy atom. The number of fused-ring (bicyclic) bond motifs is 1. The van der Waals surface area contributed by atoms with E-state index in [-0.39, 0.29) is 28.1 Å². The van der Waals surface area contributed by atoms with Crippen LogP contribution in [0.1, 0.15) is 24.2 Å². The van der Waals surface area contributed by atoms with Crippen LogP contribution in [-0.2, 0) is 10.0 Å². The Bertz CT molecular complexity index is 1120. The molecule has 7 heteroatoms. The molecule has 0 heterocycles. The Hall–Kier alpha value is -3.06. The quantitative estimate of drug-likeness (QED) is 0.662. The smallest absolute Gasteiger partial charge is 0.261 e. The molecule has 0 aliphatic rings. The number of para-hydroxylation sites is 1. The fourth-order valence-corrected chi connectivity index (χ4v) is 3.92. The molecule has 2 N–H and O–H groups in total. The summed E-state index contributed by atoms with van der Waals surface area (Å²) in [5.41, 5.74) is 0.501. The van der Waals surface area contributed by atoms with Crippen LogP contribution in [0.15, 0.2) is 65.6 Å². The number of carbonyl (C=O) groups is 1. The number of amides is 1. The number of benzene rings is 3. The van der Waals surface area contributed by atoms with Gasteiger partial charge in [-0.15, -0.1) is 0 Å². The van der Waals surface area contributed by atoms with Gasteiger partial charge in [0.25, 0.3) is 15.9 Å². The molecular formula is C21H22N2O4S. The van der Waals surface area contributed by atoms with Crippen molar-refractivity contribution in [3.8, 4) is 5.75 Å². The molecule has 3 aromatic carbocycles. The zero-order valence-electron chi connectivity index (χ0n) is 15.9. The molecule has 146 valence electrons. The van der Waals surface area contributed by atoms with E-state index in [0.717, 1.165) is 10.8 Å². The third-order valence-electron chi connectivity index (χ3n) is 4.16. The fraction of sp³-hybridized carbons (Fsp3) is 0.190. The lowest BCUT2D eigenvalue weighted by Crippen LogP contribution is -2.31. The van der Waals surface area contributed by atoms with Crippen molar-refractivity contribution in [3.05, 3.63) is 66.2 Å². The molecule has 0 radical (unpaired) electrons. The van der Waals surface area contributed by atoms with Gasteiger partial charge in [-0.25, -0.2) is 8.42 Å². The first-order valence-corrected chi connectivity index (χ1v) is 10.3. The van der Waals surface area contributed by atoms with Crippen LogP contribution < -0.4 is 14.8 Å². The molecule has 0 spiro atoms. The summed E-state index contributed by atoms with van der Waals surface area (Å²) >= 11 is 0. The first-order chi connectivity index (χ1) is 13.3. The third-order valence-corrected chi connectivity index (χ3v) is 5.53. The summed E-state index contributed by atoms with van der Waals surface area (Å²) in [6, 6.07) is 16.7. The van der Waals surface area contributed by atoms with Crippen molar-refractivity contribution >= 4 is 32.4 Å². The van der Waals surface area contributed by atoms with Crippen LogP contribution in [0, 0.1) is 0 Å². The fourth-order valence-electron chi connectivity index (χ4n) is 2.81. The van der Waals surface area contributed by atoms with Gasteiger partial charge in [-0.1, -0.05) is 24.3 Å². The van der Waals surface area contributed by atoms with Crippen LogP contribution in [-0.4, -0.2) is 27.5 Å². The normalized spacial score (nSPS) is 11.4. The molecule has 0 aromatic heterocycles. The van der Waals surface area contributed by atoms with Crippen LogP contribution >= 0.6 is 0 Å². The molecule has 3 rings (SSSR count). The van der Waals surface area contributed by atoms with Gasteiger partial charge in [-0.05, 0) is 61.0 Å². The third kappa shape index (κ3) is 4.26. The maximum atomic E-state index is 12.9. The van der Waals surface area contributed by atoms with Gasteiger partial charge < -0.3 is 10.1 Å². The van der Waals surface area contributed by atoms with Gasteiger partial charge in [-0.3, -0.25) is 9.52 Å². The first-order valence-electron chi connectivity index (χ1n) is 8.80. The lowest BCUT2D eigenvalue weighted by Gasteiger charge is -2.14. The summed E-state index contributed by atoms with van der Waals surface area (Å²) < 4.78 is 33.5. The van der Waals surface area contributed by atoms with Gasteiger partial charge >= 0.3 is 0 Å². The van der Waals surface area contributed by atoms with Crippen LogP contribution in [0.5, 0.6) is 5.75 Å². The van der Waals surface area contributed by atoms with E-state index in [1.165, 1.54) is 6.07 Å². The van der Waals surface area contributed by atoms with Crippen molar-refractivity contribution in [2.45, 2.75) is 24.8 Å². The summed E-state index contributed by atoms with van der Waals surface area (Å²) in [4.78, 5) is 12.5. The predicted octanol–water partition coefficient (Wildman–Crippen LogP) is 3.79. The van der Waals surface area contributed by atoms with E-state index in [1.54, 1.807) is 55.6 Å². The highest BCUT2D eigenvalue weighted by Crippen LogP contribution is 2.26. The Labute approximate surface area is 164 Å². The highest BCUT2D eigenvalue weighted by atomic mass is 32.2. The van der Waals surface area contributed by atoms with Crippen LogP contribution in [0.3, 0.4) is 0 Å². The van der Waals surface area contributed by atoms with E-state index >= 15 is 0 Å². The van der Waals surface area contributed by atoms with Crippen LogP contribution in [0.4, 0.5) is 5.69 Å². The number of carbonyl (C=O) groups excluding carboxylic acids is 1.